The maximum Gasteiger partial charge on any atom is 0.385 e. The van der Waals surface area contributed by atoms with E-state index in [1.54, 1.807) is 27.7 Å². The first-order valence-corrected chi connectivity index (χ1v) is 9.33. The summed E-state index contributed by atoms with van der Waals surface area (Å²) in [5.74, 6) is -5.97. The van der Waals surface area contributed by atoms with Crippen molar-refractivity contribution in [3.05, 3.63) is 34.1 Å². The molecule has 3 atom stereocenters. The van der Waals surface area contributed by atoms with Crippen molar-refractivity contribution >= 4 is 23.3 Å². The number of fused-ring (bicyclic) bond motifs is 1. The molecule has 0 unspecified atom stereocenters. The standard InChI is InChI=1S/C21H22O9/c1-8-7-10(22)14-12-11(8)15(23)20(26)16(29-9(2)19(20,3)4)13(12)17(24)30-21(14,28-6)18(25)27-5/h7,9,22,26H,1-6H3/t9-,20+,21-/m1/s1. The number of benzene rings is 1. The van der Waals surface area contributed by atoms with Crippen LogP contribution >= 0.6 is 0 Å². The van der Waals surface area contributed by atoms with Crippen molar-refractivity contribution in [3.63, 3.8) is 0 Å². The number of phenols is 1. The van der Waals surface area contributed by atoms with Crippen molar-refractivity contribution in [2.45, 2.75) is 45.2 Å². The number of phenolic OH excluding ortho intramolecular Hbond substituents is 1. The lowest BCUT2D eigenvalue weighted by Crippen LogP contribution is -2.55. The summed E-state index contributed by atoms with van der Waals surface area (Å²) in [5.41, 5.74) is -3.47. The third-order valence-corrected chi connectivity index (χ3v) is 6.62. The van der Waals surface area contributed by atoms with Crippen LogP contribution in [0.3, 0.4) is 0 Å². The molecule has 0 radical (unpaired) electrons. The summed E-state index contributed by atoms with van der Waals surface area (Å²) in [5, 5.41) is 22.3. The van der Waals surface area contributed by atoms with Gasteiger partial charge in [-0.25, -0.2) is 9.59 Å². The molecule has 2 aliphatic heterocycles. The summed E-state index contributed by atoms with van der Waals surface area (Å²) in [6, 6.07) is 1.25. The van der Waals surface area contributed by atoms with Crippen LogP contribution in [0.1, 0.15) is 47.8 Å². The predicted octanol–water partition coefficient (Wildman–Crippen LogP) is 1.31. The summed E-state index contributed by atoms with van der Waals surface area (Å²) in [6.45, 7) is 6.55. The Morgan fingerprint density at radius 1 is 1.20 bits per heavy atom. The van der Waals surface area contributed by atoms with Gasteiger partial charge in [0.1, 0.15) is 17.4 Å². The van der Waals surface area contributed by atoms with Crippen molar-refractivity contribution in [1.82, 2.24) is 0 Å². The van der Waals surface area contributed by atoms with Gasteiger partial charge in [0, 0.05) is 23.7 Å². The summed E-state index contributed by atoms with van der Waals surface area (Å²) >= 11 is 0. The van der Waals surface area contributed by atoms with Crippen LogP contribution in [-0.2, 0) is 34.3 Å². The Morgan fingerprint density at radius 2 is 1.83 bits per heavy atom. The third kappa shape index (κ3) is 1.96. The summed E-state index contributed by atoms with van der Waals surface area (Å²) < 4.78 is 21.2. The number of aryl methyl sites for hydroxylation is 1. The number of cyclic esters (lactones) is 1. The second-order valence-electron chi connectivity index (χ2n) is 8.26. The molecule has 0 bridgehead atoms. The lowest BCUT2D eigenvalue weighted by atomic mass is 9.63. The molecule has 9 nitrogen and oxygen atoms in total. The van der Waals surface area contributed by atoms with E-state index < -0.39 is 46.4 Å². The van der Waals surface area contributed by atoms with Gasteiger partial charge in [-0.05, 0) is 25.5 Å². The number of esters is 2. The van der Waals surface area contributed by atoms with Crippen LogP contribution in [-0.4, -0.2) is 53.9 Å². The molecule has 1 aromatic carbocycles. The number of rotatable bonds is 2. The molecule has 2 heterocycles. The van der Waals surface area contributed by atoms with E-state index in [1.807, 2.05) is 0 Å². The van der Waals surface area contributed by atoms with Gasteiger partial charge in [-0.3, -0.25) is 4.79 Å². The second kappa shape index (κ2) is 5.83. The van der Waals surface area contributed by atoms with E-state index in [2.05, 4.69) is 0 Å². The quantitative estimate of drug-likeness (QED) is 0.683. The normalized spacial score (nSPS) is 31.0. The minimum absolute atomic E-state index is 0.0168. The summed E-state index contributed by atoms with van der Waals surface area (Å²) in [7, 11) is 2.17. The number of aromatic hydroxyl groups is 1. The number of ketones is 1. The van der Waals surface area contributed by atoms with Crippen LogP contribution in [0.5, 0.6) is 5.75 Å². The van der Waals surface area contributed by atoms with Gasteiger partial charge in [0.15, 0.2) is 11.4 Å². The van der Waals surface area contributed by atoms with E-state index in [9.17, 15) is 24.6 Å². The molecular weight excluding hydrogens is 396 g/mol. The Hall–Kier alpha value is -2.91. The molecule has 0 amide bonds. The van der Waals surface area contributed by atoms with Gasteiger partial charge in [-0.15, -0.1) is 0 Å². The Kier molecular flexibility index (Phi) is 3.96. The van der Waals surface area contributed by atoms with Gasteiger partial charge in [0.25, 0.3) is 0 Å². The van der Waals surface area contributed by atoms with E-state index in [4.69, 9.17) is 18.9 Å². The Labute approximate surface area is 172 Å². The maximum atomic E-state index is 13.6. The van der Waals surface area contributed by atoms with Crippen molar-refractivity contribution in [1.29, 1.82) is 0 Å². The molecular formula is C21H22O9. The third-order valence-electron chi connectivity index (χ3n) is 6.62. The Morgan fingerprint density at radius 3 is 2.40 bits per heavy atom. The first-order chi connectivity index (χ1) is 13.9. The van der Waals surface area contributed by atoms with Crippen LogP contribution in [0, 0.1) is 12.3 Å². The number of aliphatic hydroxyl groups is 1. The molecule has 0 saturated carbocycles. The molecule has 30 heavy (non-hydrogen) atoms. The minimum atomic E-state index is -2.42. The lowest BCUT2D eigenvalue weighted by molar-refractivity contribution is -0.238. The molecule has 2 N–H and O–H groups in total. The molecule has 160 valence electrons. The van der Waals surface area contributed by atoms with E-state index in [-0.39, 0.29) is 28.0 Å². The van der Waals surface area contributed by atoms with Crippen LogP contribution in [0.25, 0.3) is 5.57 Å². The van der Waals surface area contributed by atoms with E-state index >= 15 is 0 Å². The molecule has 9 heteroatoms. The van der Waals surface area contributed by atoms with Crippen molar-refractivity contribution in [2.75, 3.05) is 14.2 Å². The van der Waals surface area contributed by atoms with E-state index in [1.165, 1.54) is 6.07 Å². The average Bonchev–Trinajstić information content (AvgIpc) is 2.86. The second-order valence-corrected chi connectivity index (χ2v) is 8.26. The van der Waals surface area contributed by atoms with Crippen LogP contribution in [0.4, 0.5) is 0 Å². The van der Waals surface area contributed by atoms with E-state index in [0.29, 0.717) is 5.56 Å². The zero-order chi connectivity index (χ0) is 22.4. The zero-order valence-electron chi connectivity index (χ0n) is 17.4. The molecule has 0 aromatic heterocycles. The minimum Gasteiger partial charge on any atom is -0.507 e. The molecule has 1 aliphatic carbocycles. The van der Waals surface area contributed by atoms with Crippen LogP contribution in [0.2, 0.25) is 0 Å². The SMILES string of the molecule is COC(=O)[C@]1(OC)OC(=O)C2=C3O[C@H](C)C(C)(C)[C@]3(O)C(=O)c3c(C)cc(O)c1c32. The van der Waals surface area contributed by atoms with Gasteiger partial charge < -0.3 is 29.2 Å². The molecule has 1 saturated heterocycles. The highest BCUT2D eigenvalue weighted by Gasteiger charge is 2.68. The average molecular weight is 418 g/mol. The molecule has 1 fully saturated rings. The predicted molar refractivity (Wildman–Crippen MR) is 100 cm³/mol. The lowest BCUT2D eigenvalue weighted by Gasteiger charge is -2.42. The first-order valence-electron chi connectivity index (χ1n) is 9.33. The highest BCUT2D eigenvalue weighted by molar-refractivity contribution is 6.28. The zero-order valence-corrected chi connectivity index (χ0v) is 17.4. The van der Waals surface area contributed by atoms with Crippen molar-refractivity contribution < 1.29 is 43.5 Å². The Bertz CT molecular complexity index is 1070. The topological polar surface area (TPSA) is 129 Å². The van der Waals surface area contributed by atoms with Gasteiger partial charge >= 0.3 is 17.7 Å². The summed E-state index contributed by atoms with van der Waals surface area (Å²) in [4.78, 5) is 39.4. The Balaban J connectivity index is 2.21. The van der Waals surface area contributed by atoms with Crippen molar-refractivity contribution in [3.8, 4) is 5.75 Å². The number of carbonyl (C=O) groups is 3. The fraction of sp³-hybridized carbons (Fsp3) is 0.476. The first kappa shape index (κ1) is 20.4. The fourth-order valence-electron chi connectivity index (χ4n) is 4.53. The molecule has 3 aliphatic rings. The highest BCUT2D eigenvalue weighted by Crippen LogP contribution is 2.59. The van der Waals surface area contributed by atoms with Crippen molar-refractivity contribution in [2.24, 2.45) is 5.41 Å². The number of ether oxygens (including phenoxy) is 4. The van der Waals surface area contributed by atoms with Crippen LogP contribution < -0.4 is 0 Å². The number of hydrogen-bond acceptors (Lipinski definition) is 9. The fourth-order valence-corrected chi connectivity index (χ4v) is 4.53. The molecule has 4 rings (SSSR count). The number of Topliss-reactive ketones (excluding diaryl/α,β-unsaturated/α-hetero) is 1. The monoisotopic (exact) mass is 418 g/mol. The largest absolute Gasteiger partial charge is 0.507 e. The highest BCUT2D eigenvalue weighted by atomic mass is 16.7. The van der Waals surface area contributed by atoms with Gasteiger partial charge in [-0.2, -0.15) is 0 Å². The van der Waals surface area contributed by atoms with Crippen LogP contribution in [0.15, 0.2) is 11.8 Å². The van der Waals surface area contributed by atoms with E-state index in [0.717, 1.165) is 14.2 Å². The van der Waals surface area contributed by atoms with Gasteiger partial charge in [0.05, 0.1) is 12.7 Å². The number of hydrogen-bond donors (Lipinski definition) is 2. The number of carbonyl (C=O) groups excluding carboxylic acids is 3. The van der Waals surface area contributed by atoms with Gasteiger partial charge in [0.2, 0.25) is 5.78 Å². The molecule has 1 aromatic rings. The smallest absolute Gasteiger partial charge is 0.385 e. The van der Waals surface area contributed by atoms with Gasteiger partial charge in [-0.1, -0.05) is 13.8 Å². The number of methoxy groups -OCH3 is 2. The maximum absolute atomic E-state index is 13.6. The molecule has 0 spiro atoms. The summed E-state index contributed by atoms with van der Waals surface area (Å²) in [6.07, 6.45) is -0.622.